The molecule has 0 N–H and O–H groups in total. The highest BCUT2D eigenvalue weighted by Gasteiger charge is 2.18. The smallest absolute Gasteiger partial charge is 0.122 e. The molecule has 0 aromatic heterocycles. The maximum Gasteiger partial charge on any atom is 0.122 e. The average molecular weight is 343 g/mol. The molecule has 0 amide bonds. The fourth-order valence-corrected chi connectivity index (χ4v) is 2.50. The highest BCUT2D eigenvalue weighted by atomic mass is 16.5. The van der Waals surface area contributed by atoms with Gasteiger partial charge in [0.1, 0.15) is 11.5 Å². The SMILES string of the molecule is COc1ccc(C)cc1C(C)(C)C.COc1cccc(C(C)(C)C)c1. The van der Waals surface area contributed by atoms with E-state index in [2.05, 4.69) is 72.7 Å². The molecule has 25 heavy (non-hydrogen) atoms. The van der Waals surface area contributed by atoms with E-state index in [1.165, 1.54) is 16.7 Å². The van der Waals surface area contributed by atoms with Gasteiger partial charge in [-0.25, -0.2) is 0 Å². The van der Waals surface area contributed by atoms with Crippen LogP contribution in [0.2, 0.25) is 0 Å². The molecule has 0 bridgehead atoms. The second kappa shape index (κ2) is 8.42. The predicted octanol–water partition coefficient (Wildman–Crippen LogP) is 6.29. The molecule has 0 saturated heterocycles. The number of benzene rings is 2. The van der Waals surface area contributed by atoms with Crippen molar-refractivity contribution < 1.29 is 9.47 Å². The summed E-state index contributed by atoms with van der Waals surface area (Å²) < 4.78 is 10.5. The van der Waals surface area contributed by atoms with Crippen LogP contribution < -0.4 is 9.47 Å². The van der Waals surface area contributed by atoms with E-state index in [4.69, 9.17) is 9.47 Å². The fraction of sp³-hybridized carbons (Fsp3) is 0.478. The van der Waals surface area contributed by atoms with E-state index in [9.17, 15) is 0 Å². The average Bonchev–Trinajstić information content (AvgIpc) is 2.54. The molecule has 2 heteroatoms. The van der Waals surface area contributed by atoms with Crippen LogP contribution in [0, 0.1) is 6.92 Å². The number of methoxy groups -OCH3 is 2. The van der Waals surface area contributed by atoms with Crippen molar-refractivity contribution in [1.82, 2.24) is 0 Å². The molecule has 0 spiro atoms. The molecule has 0 saturated carbocycles. The minimum atomic E-state index is 0.150. The molecule has 2 aromatic carbocycles. The van der Waals surface area contributed by atoms with Gasteiger partial charge in [0.05, 0.1) is 14.2 Å². The minimum Gasteiger partial charge on any atom is -0.497 e. The lowest BCUT2D eigenvalue weighted by molar-refractivity contribution is 0.397. The Labute approximate surface area is 154 Å². The Morgan fingerprint density at radius 1 is 0.720 bits per heavy atom. The second-order valence-corrected chi connectivity index (χ2v) is 8.44. The molecule has 0 aliphatic rings. The van der Waals surface area contributed by atoms with Crippen LogP contribution in [0.4, 0.5) is 0 Å². The monoisotopic (exact) mass is 342 g/mol. The maximum atomic E-state index is 5.33. The lowest BCUT2D eigenvalue weighted by atomic mass is 9.85. The lowest BCUT2D eigenvalue weighted by Gasteiger charge is -2.22. The summed E-state index contributed by atoms with van der Waals surface area (Å²) in [4.78, 5) is 0. The van der Waals surface area contributed by atoms with Crippen LogP contribution in [-0.2, 0) is 10.8 Å². The van der Waals surface area contributed by atoms with Crippen molar-refractivity contribution in [1.29, 1.82) is 0 Å². The van der Waals surface area contributed by atoms with Crippen LogP contribution >= 0.6 is 0 Å². The predicted molar refractivity (Wildman–Crippen MR) is 108 cm³/mol. The first-order chi connectivity index (χ1) is 11.5. The lowest BCUT2D eigenvalue weighted by Crippen LogP contribution is -2.12. The van der Waals surface area contributed by atoms with Crippen LogP contribution in [0.3, 0.4) is 0 Å². The normalized spacial score (nSPS) is 11.4. The van der Waals surface area contributed by atoms with Gasteiger partial charge >= 0.3 is 0 Å². The Kier molecular flexibility index (Phi) is 7.10. The highest BCUT2D eigenvalue weighted by molar-refractivity contribution is 5.41. The first kappa shape index (κ1) is 21.1. The number of aryl methyl sites for hydroxylation is 1. The van der Waals surface area contributed by atoms with Gasteiger partial charge in [-0.2, -0.15) is 0 Å². The summed E-state index contributed by atoms with van der Waals surface area (Å²) in [6.45, 7) is 15.3. The Bertz CT molecular complexity index is 673. The number of hydrogen-bond donors (Lipinski definition) is 0. The number of rotatable bonds is 2. The largest absolute Gasteiger partial charge is 0.497 e. The van der Waals surface area contributed by atoms with Gasteiger partial charge < -0.3 is 9.47 Å². The van der Waals surface area contributed by atoms with E-state index >= 15 is 0 Å². The van der Waals surface area contributed by atoms with E-state index in [1.54, 1.807) is 14.2 Å². The molecule has 0 aliphatic heterocycles. The molecule has 2 nitrogen and oxygen atoms in total. The van der Waals surface area contributed by atoms with Crippen molar-refractivity contribution in [2.24, 2.45) is 0 Å². The topological polar surface area (TPSA) is 18.5 Å². The zero-order chi connectivity index (χ0) is 19.3. The van der Waals surface area contributed by atoms with Crippen molar-refractivity contribution in [2.45, 2.75) is 59.3 Å². The van der Waals surface area contributed by atoms with Gasteiger partial charge in [0.15, 0.2) is 0 Å². The molecule has 0 heterocycles. The van der Waals surface area contributed by atoms with Crippen molar-refractivity contribution in [3.05, 3.63) is 59.2 Å². The summed E-state index contributed by atoms with van der Waals surface area (Å²) in [5, 5.41) is 0. The van der Waals surface area contributed by atoms with Crippen molar-refractivity contribution >= 4 is 0 Å². The molecular formula is C23H34O2. The number of ether oxygens (including phenoxy) is 2. The standard InChI is InChI=1S/C12H18O.C11H16O/c1-9-6-7-11(13-5)10(8-9)12(2,3)4;1-11(2,3)9-6-5-7-10(8-9)12-4/h6-8H,1-5H3;5-8H,1-4H3. The van der Waals surface area contributed by atoms with Crippen LogP contribution in [0.15, 0.2) is 42.5 Å². The van der Waals surface area contributed by atoms with E-state index < -0.39 is 0 Å². The first-order valence-corrected chi connectivity index (χ1v) is 8.78. The molecule has 138 valence electrons. The summed E-state index contributed by atoms with van der Waals surface area (Å²) in [7, 11) is 3.42. The highest BCUT2D eigenvalue weighted by Crippen LogP contribution is 2.31. The summed E-state index contributed by atoms with van der Waals surface area (Å²) in [5.41, 5.74) is 4.22. The van der Waals surface area contributed by atoms with Gasteiger partial charge in [-0.1, -0.05) is 71.4 Å². The maximum absolute atomic E-state index is 5.33. The Morgan fingerprint density at radius 3 is 1.84 bits per heavy atom. The minimum absolute atomic E-state index is 0.150. The van der Waals surface area contributed by atoms with Gasteiger partial charge in [0.2, 0.25) is 0 Å². The summed E-state index contributed by atoms with van der Waals surface area (Å²) in [5.74, 6) is 1.92. The molecule has 2 rings (SSSR count). The van der Waals surface area contributed by atoms with E-state index in [1.807, 2.05) is 18.2 Å². The quantitative estimate of drug-likeness (QED) is 0.638. The Morgan fingerprint density at radius 2 is 1.36 bits per heavy atom. The van der Waals surface area contributed by atoms with Crippen LogP contribution in [0.1, 0.15) is 58.2 Å². The summed E-state index contributed by atoms with van der Waals surface area (Å²) in [6, 6.07) is 14.5. The molecule has 0 unspecified atom stereocenters. The van der Waals surface area contributed by atoms with Crippen LogP contribution in [0.25, 0.3) is 0 Å². The van der Waals surface area contributed by atoms with Gasteiger partial charge in [-0.05, 0) is 47.1 Å². The third-order valence-corrected chi connectivity index (χ3v) is 4.10. The zero-order valence-electron chi connectivity index (χ0n) is 17.4. The summed E-state index contributed by atoms with van der Waals surface area (Å²) >= 11 is 0. The van der Waals surface area contributed by atoms with Gasteiger partial charge in [-0.3, -0.25) is 0 Å². The van der Waals surface area contributed by atoms with Gasteiger partial charge in [0, 0.05) is 0 Å². The number of hydrogen-bond acceptors (Lipinski definition) is 2. The molecule has 0 atom stereocenters. The molecule has 0 fully saturated rings. The molecular weight excluding hydrogens is 308 g/mol. The molecule has 2 aromatic rings. The Balaban J connectivity index is 0.000000251. The molecule has 0 aliphatic carbocycles. The fourth-order valence-electron chi connectivity index (χ4n) is 2.50. The summed E-state index contributed by atoms with van der Waals surface area (Å²) in [6.07, 6.45) is 0. The van der Waals surface area contributed by atoms with Crippen molar-refractivity contribution in [3.8, 4) is 11.5 Å². The van der Waals surface area contributed by atoms with Crippen molar-refractivity contribution in [3.63, 3.8) is 0 Å². The zero-order valence-corrected chi connectivity index (χ0v) is 17.4. The van der Waals surface area contributed by atoms with Gasteiger partial charge in [-0.15, -0.1) is 0 Å². The van der Waals surface area contributed by atoms with Crippen LogP contribution in [-0.4, -0.2) is 14.2 Å². The second-order valence-electron chi connectivity index (χ2n) is 8.44. The van der Waals surface area contributed by atoms with E-state index in [-0.39, 0.29) is 10.8 Å². The van der Waals surface area contributed by atoms with E-state index in [0.717, 1.165) is 11.5 Å². The first-order valence-electron chi connectivity index (χ1n) is 8.78. The van der Waals surface area contributed by atoms with Gasteiger partial charge in [0.25, 0.3) is 0 Å². The Hall–Kier alpha value is -1.96. The van der Waals surface area contributed by atoms with E-state index in [0.29, 0.717) is 0 Å². The molecule has 0 radical (unpaired) electrons. The third kappa shape index (κ3) is 6.45. The van der Waals surface area contributed by atoms with Crippen LogP contribution in [0.5, 0.6) is 11.5 Å². The van der Waals surface area contributed by atoms with Crippen molar-refractivity contribution in [2.75, 3.05) is 14.2 Å². The third-order valence-electron chi connectivity index (χ3n) is 4.10.